The van der Waals surface area contributed by atoms with Crippen LogP contribution in [0.2, 0.25) is 0 Å². The average Bonchev–Trinajstić information content (AvgIpc) is 2.36. The molecule has 0 aliphatic rings. The number of carbonyl (C=O) groups is 1. The van der Waals surface area contributed by atoms with Crippen molar-refractivity contribution in [3.8, 4) is 0 Å². The molecule has 2 N–H and O–H groups in total. The van der Waals surface area contributed by atoms with Crippen molar-refractivity contribution in [1.29, 1.82) is 0 Å². The zero-order valence-corrected chi connectivity index (χ0v) is 7.81. The van der Waals surface area contributed by atoms with Crippen LogP contribution in [-0.2, 0) is 4.79 Å². The number of aliphatic hydroxyl groups is 1. The second kappa shape index (κ2) is 3.69. The molecule has 0 spiro atoms. The van der Waals surface area contributed by atoms with Gasteiger partial charge in [0.25, 0.3) is 5.91 Å². The summed E-state index contributed by atoms with van der Waals surface area (Å²) < 4.78 is 0. The number of amides is 1. The lowest BCUT2D eigenvalue weighted by Crippen LogP contribution is -2.24. The first-order valence-electron chi connectivity index (χ1n) is 3.64. The molecular weight excluding hydrogens is 174 g/mol. The van der Waals surface area contributed by atoms with Crippen molar-refractivity contribution in [1.82, 2.24) is 0 Å². The number of aryl methyl sites for hydroxylation is 1. The lowest BCUT2D eigenvalue weighted by molar-refractivity contribution is -0.123. The zero-order valence-electron chi connectivity index (χ0n) is 7.00. The van der Waals surface area contributed by atoms with Gasteiger partial charge in [-0.05, 0) is 30.9 Å². The molecule has 0 saturated carbocycles. The van der Waals surface area contributed by atoms with Crippen LogP contribution in [0.3, 0.4) is 0 Å². The molecule has 1 heterocycles. The fourth-order valence-corrected chi connectivity index (χ4v) is 1.54. The number of thiophene rings is 1. The van der Waals surface area contributed by atoms with E-state index in [9.17, 15) is 4.79 Å². The summed E-state index contributed by atoms with van der Waals surface area (Å²) in [5, 5.41) is 14.2. The molecule has 66 valence electrons. The van der Waals surface area contributed by atoms with Crippen molar-refractivity contribution in [3.05, 3.63) is 17.0 Å². The molecule has 1 aromatic heterocycles. The Kier molecular flexibility index (Phi) is 2.83. The number of anilines is 1. The Morgan fingerprint density at radius 1 is 1.75 bits per heavy atom. The fraction of sp³-hybridized carbons (Fsp3) is 0.375. The van der Waals surface area contributed by atoms with E-state index in [1.807, 2.05) is 18.4 Å². The van der Waals surface area contributed by atoms with Gasteiger partial charge in [-0.2, -0.15) is 0 Å². The van der Waals surface area contributed by atoms with E-state index in [2.05, 4.69) is 5.32 Å². The predicted molar refractivity (Wildman–Crippen MR) is 49.4 cm³/mol. The van der Waals surface area contributed by atoms with Gasteiger partial charge < -0.3 is 10.4 Å². The van der Waals surface area contributed by atoms with Crippen LogP contribution in [-0.4, -0.2) is 17.1 Å². The molecule has 0 aliphatic heterocycles. The monoisotopic (exact) mass is 185 g/mol. The summed E-state index contributed by atoms with van der Waals surface area (Å²) in [6.45, 7) is 3.35. The highest BCUT2D eigenvalue weighted by atomic mass is 32.1. The fourth-order valence-electron chi connectivity index (χ4n) is 0.717. The summed E-state index contributed by atoms with van der Waals surface area (Å²) >= 11 is 1.45. The molecule has 1 rings (SSSR count). The van der Waals surface area contributed by atoms with E-state index in [1.165, 1.54) is 18.3 Å². The van der Waals surface area contributed by atoms with Gasteiger partial charge in [0.2, 0.25) is 0 Å². The Hall–Kier alpha value is -0.870. The van der Waals surface area contributed by atoms with Gasteiger partial charge >= 0.3 is 0 Å². The van der Waals surface area contributed by atoms with E-state index >= 15 is 0 Å². The SMILES string of the molecule is Cc1ccsc1NC(=O)C(C)O. The maximum absolute atomic E-state index is 11.0. The first kappa shape index (κ1) is 9.22. The first-order chi connectivity index (χ1) is 5.61. The van der Waals surface area contributed by atoms with Crippen LogP contribution >= 0.6 is 11.3 Å². The molecule has 4 heteroatoms. The molecular formula is C8H11NO2S. The van der Waals surface area contributed by atoms with E-state index in [-0.39, 0.29) is 5.91 Å². The van der Waals surface area contributed by atoms with Gasteiger partial charge in [0.15, 0.2) is 0 Å². The van der Waals surface area contributed by atoms with Crippen LogP contribution in [0.5, 0.6) is 0 Å². The van der Waals surface area contributed by atoms with Crippen LogP contribution in [0.1, 0.15) is 12.5 Å². The van der Waals surface area contributed by atoms with E-state index in [0.29, 0.717) is 0 Å². The molecule has 0 aliphatic carbocycles. The van der Waals surface area contributed by atoms with Crippen LogP contribution in [0, 0.1) is 6.92 Å². The predicted octanol–water partition coefficient (Wildman–Crippen LogP) is 1.38. The van der Waals surface area contributed by atoms with E-state index in [4.69, 9.17) is 5.11 Å². The van der Waals surface area contributed by atoms with Crippen LogP contribution in [0.25, 0.3) is 0 Å². The van der Waals surface area contributed by atoms with E-state index < -0.39 is 6.10 Å². The zero-order chi connectivity index (χ0) is 9.14. The quantitative estimate of drug-likeness (QED) is 0.731. The van der Waals surface area contributed by atoms with Crippen LogP contribution in [0.15, 0.2) is 11.4 Å². The Balaban J connectivity index is 2.64. The van der Waals surface area contributed by atoms with Crippen molar-refractivity contribution in [2.24, 2.45) is 0 Å². The van der Waals surface area contributed by atoms with Crippen molar-refractivity contribution >= 4 is 22.2 Å². The smallest absolute Gasteiger partial charge is 0.253 e. The van der Waals surface area contributed by atoms with Gasteiger partial charge in [-0.3, -0.25) is 4.79 Å². The first-order valence-corrected chi connectivity index (χ1v) is 4.52. The van der Waals surface area contributed by atoms with Gasteiger partial charge in [-0.1, -0.05) is 0 Å². The molecule has 1 aromatic rings. The summed E-state index contributed by atoms with van der Waals surface area (Å²) in [7, 11) is 0. The van der Waals surface area contributed by atoms with Crippen molar-refractivity contribution in [2.45, 2.75) is 20.0 Å². The molecule has 3 nitrogen and oxygen atoms in total. The molecule has 0 bridgehead atoms. The molecule has 1 unspecified atom stereocenters. The third-order valence-corrected chi connectivity index (χ3v) is 2.41. The second-order valence-electron chi connectivity index (χ2n) is 2.60. The number of nitrogens with one attached hydrogen (secondary N) is 1. The Bertz CT molecular complexity index is 280. The third kappa shape index (κ3) is 2.06. The topological polar surface area (TPSA) is 49.3 Å². The second-order valence-corrected chi connectivity index (χ2v) is 3.51. The molecule has 0 aromatic carbocycles. The summed E-state index contributed by atoms with van der Waals surface area (Å²) in [4.78, 5) is 11.0. The lowest BCUT2D eigenvalue weighted by Gasteiger charge is -2.04. The Morgan fingerprint density at radius 3 is 2.83 bits per heavy atom. The van der Waals surface area contributed by atoms with Gasteiger partial charge in [-0.25, -0.2) is 0 Å². The molecule has 12 heavy (non-hydrogen) atoms. The number of hydrogen-bond donors (Lipinski definition) is 2. The largest absolute Gasteiger partial charge is 0.384 e. The minimum Gasteiger partial charge on any atom is -0.384 e. The number of carbonyl (C=O) groups excluding carboxylic acids is 1. The standard InChI is InChI=1S/C8H11NO2S/c1-5-3-4-12-8(5)9-7(11)6(2)10/h3-4,6,10H,1-2H3,(H,9,11). The van der Waals surface area contributed by atoms with Gasteiger partial charge in [0.05, 0.1) is 5.00 Å². The third-order valence-electron chi connectivity index (χ3n) is 1.48. The normalized spacial score (nSPS) is 12.6. The molecule has 1 atom stereocenters. The van der Waals surface area contributed by atoms with Crippen molar-refractivity contribution < 1.29 is 9.90 Å². The maximum Gasteiger partial charge on any atom is 0.253 e. The minimum absolute atomic E-state index is 0.361. The van der Waals surface area contributed by atoms with Crippen molar-refractivity contribution in [3.63, 3.8) is 0 Å². The lowest BCUT2D eigenvalue weighted by atomic mass is 10.3. The summed E-state index contributed by atoms with van der Waals surface area (Å²) in [5.74, 6) is -0.361. The summed E-state index contributed by atoms with van der Waals surface area (Å²) in [6.07, 6.45) is -0.952. The van der Waals surface area contributed by atoms with Crippen LogP contribution in [0.4, 0.5) is 5.00 Å². The molecule has 0 saturated heterocycles. The van der Waals surface area contributed by atoms with Gasteiger partial charge in [-0.15, -0.1) is 11.3 Å². The van der Waals surface area contributed by atoms with Crippen LogP contribution < -0.4 is 5.32 Å². The average molecular weight is 185 g/mol. The number of hydrogen-bond acceptors (Lipinski definition) is 3. The highest BCUT2D eigenvalue weighted by Gasteiger charge is 2.10. The highest BCUT2D eigenvalue weighted by molar-refractivity contribution is 7.14. The Morgan fingerprint density at radius 2 is 2.42 bits per heavy atom. The number of aliphatic hydroxyl groups excluding tert-OH is 1. The number of rotatable bonds is 2. The molecule has 0 fully saturated rings. The van der Waals surface area contributed by atoms with Gasteiger partial charge in [0, 0.05) is 0 Å². The van der Waals surface area contributed by atoms with E-state index in [1.54, 1.807) is 0 Å². The molecule has 0 radical (unpaired) electrons. The summed E-state index contributed by atoms with van der Waals surface area (Å²) in [5.41, 5.74) is 1.02. The Labute approximate surface area is 75.0 Å². The minimum atomic E-state index is -0.952. The molecule has 1 amide bonds. The highest BCUT2D eigenvalue weighted by Crippen LogP contribution is 2.21. The summed E-state index contributed by atoms with van der Waals surface area (Å²) in [6, 6.07) is 1.92. The van der Waals surface area contributed by atoms with E-state index in [0.717, 1.165) is 10.6 Å². The van der Waals surface area contributed by atoms with Gasteiger partial charge in [0.1, 0.15) is 6.10 Å². The maximum atomic E-state index is 11.0. The van der Waals surface area contributed by atoms with Crippen molar-refractivity contribution in [2.75, 3.05) is 5.32 Å².